The molecule has 1 rings (SSSR count). The van der Waals surface area contributed by atoms with Gasteiger partial charge in [-0.3, -0.25) is 0 Å². The van der Waals surface area contributed by atoms with E-state index in [9.17, 15) is 4.39 Å². The first-order chi connectivity index (χ1) is 5.13. The summed E-state index contributed by atoms with van der Waals surface area (Å²) in [5.41, 5.74) is 0.934. The summed E-state index contributed by atoms with van der Waals surface area (Å²) in [5, 5.41) is 0. The molecule has 64 valence electrons. The predicted octanol–water partition coefficient (Wildman–Crippen LogP) is 2.67. The Morgan fingerprint density at radius 3 is 2.64 bits per heavy atom. The van der Waals surface area contributed by atoms with Crippen LogP contribution in [0.3, 0.4) is 0 Å². The molecule has 2 heteroatoms. The third kappa shape index (κ3) is 1.80. The molecule has 0 amide bonds. The Kier molecular flexibility index (Phi) is 2.66. The van der Waals surface area contributed by atoms with Gasteiger partial charge in [-0.05, 0) is 24.8 Å². The van der Waals surface area contributed by atoms with Gasteiger partial charge in [-0.2, -0.15) is 0 Å². The molecule has 0 unspecified atom stereocenters. The summed E-state index contributed by atoms with van der Waals surface area (Å²) >= 11 is 0. The third-order valence-electron chi connectivity index (χ3n) is 2.10. The van der Waals surface area contributed by atoms with E-state index in [1.165, 1.54) is 0 Å². The monoisotopic (exact) mass is 158 g/mol. The van der Waals surface area contributed by atoms with Gasteiger partial charge in [0, 0.05) is 0 Å². The van der Waals surface area contributed by atoms with Gasteiger partial charge in [0.25, 0.3) is 0 Å². The Morgan fingerprint density at radius 2 is 2.18 bits per heavy atom. The molecular weight excluding hydrogens is 143 g/mol. The molecule has 0 fully saturated rings. The Balaban J connectivity index is 2.80. The fourth-order valence-electron chi connectivity index (χ4n) is 1.36. The Bertz CT molecular complexity index is 172. The van der Waals surface area contributed by atoms with Crippen LogP contribution in [0.2, 0.25) is 0 Å². The average Bonchev–Trinajstić information content (AvgIpc) is 1.94. The highest BCUT2D eigenvalue weighted by Crippen LogP contribution is 2.27. The molecule has 11 heavy (non-hydrogen) atoms. The van der Waals surface area contributed by atoms with Crippen molar-refractivity contribution in [2.45, 2.75) is 33.3 Å². The fourth-order valence-corrected chi connectivity index (χ4v) is 1.36. The largest absolute Gasteiger partial charge is 0.371 e. The molecule has 1 nitrogen and oxygen atoms in total. The predicted molar refractivity (Wildman–Crippen MR) is 43.0 cm³/mol. The highest BCUT2D eigenvalue weighted by molar-refractivity contribution is 5.15. The molecule has 0 N–H and O–H groups in total. The zero-order valence-electron chi connectivity index (χ0n) is 7.36. The lowest BCUT2D eigenvalue weighted by Crippen LogP contribution is -2.20. The lowest BCUT2D eigenvalue weighted by Gasteiger charge is -2.23. The highest BCUT2D eigenvalue weighted by Gasteiger charge is 2.21. The molecule has 0 bridgehead atoms. The van der Waals surface area contributed by atoms with Crippen LogP contribution in [0.15, 0.2) is 11.4 Å². The minimum atomic E-state index is -0.318. The first-order valence-electron chi connectivity index (χ1n) is 4.13. The molecule has 0 saturated heterocycles. The normalized spacial score (nSPS) is 26.5. The van der Waals surface area contributed by atoms with Crippen molar-refractivity contribution in [3.8, 4) is 0 Å². The second-order valence-electron chi connectivity index (χ2n) is 3.29. The van der Waals surface area contributed by atoms with Crippen molar-refractivity contribution in [2.75, 3.05) is 6.61 Å². The first kappa shape index (κ1) is 8.72. The Labute approximate surface area is 67.2 Å². The minimum Gasteiger partial charge on any atom is -0.371 e. The molecule has 0 radical (unpaired) electrons. The Morgan fingerprint density at radius 1 is 1.55 bits per heavy atom. The number of ether oxygens (including phenoxy) is 1. The molecule has 0 aliphatic carbocycles. The molecule has 0 spiro atoms. The molecule has 1 heterocycles. The van der Waals surface area contributed by atoms with Gasteiger partial charge in [0.1, 0.15) is 11.9 Å². The fraction of sp³-hybridized carbons (Fsp3) is 0.778. The van der Waals surface area contributed by atoms with Crippen LogP contribution in [0.1, 0.15) is 27.2 Å². The zero-order valence-corrected chi connectivity index (χ0v) is 7.36. The van der Waals surface area contributed by atoms with Gasteiger partial charge in [-0.15, -0.1) is 0 Å². The topological polar surface area (TPSA) is 9.23 Å². The summed E-state index contributed by atoms with van der Waals surface area (Å²) in [5.74, 6) is 0.271. The second kappa shape index (κ2) is 3.35. The number of hydrogen-bond donors (Lipinski definition) is 0. The van der Waals surface area contributed by atoms with Gasteiger partial charge >= 0.3 is 0 Å². The van der Waals surface area contributed by atoms with E-state index in [4.69, 9.17) is 4.74 Å². The van der Waals surface area contributed by atoms with Crippen molar-refractivity contribution < 1.29 is 9.13 Å². The standard InChI is InChI=1S/C9H15FO/c1-6(2)8-4-5-11-7(3)9(8)10/h6-7H,4-5H2,1-3H3/t7-/m0/s1. The van der Waals surface area contributed by atoms with Crippen LogP contribution in [0.5, 0.6) is 0 Å². The number of rotatable bonds is 1. The van der Waals surface area contributed by atoms with Crippen molar-refractivity contribution in [2.24, 2.45) is 5.92 Å². The van der Waals surface area contributed by atoms with Gasteiger partial charge in [0.05, 0.1) is 6.61 Å². The summed E-state index contributed by atoms with van der Waals surface area (Å²) in [6.07, 6.45) is 0.439. The summed E-state index contributed by atoms with van der Waals surface area (Å²) in [6, 6.07) is 0. The van der Waals surface area contributed by atoms with Gasteiger partial charge < -0.3 is 4.74 Å². The van der Waals surface area contributed by atoms with E-state index >= 15 is 0 Å². The molecule has 1 atom stereocenters. The molecule has 0 saturated carbocycles. The number of halogens is 1. The maximum Gasteiger partial charge on any atom is 0.128 e. The summed E-state index contributed by atoms with van der Waals surface area (Å²) < 4.78 is 18.4. The molecular formula is C9H15FO. The smallest absolute Gasteiger partial charge is 0.128 e. The van der Waals surface area contributed by atoms with Crippen molar-refractivity contribution in [1.82, 2.24) is 0 Å². The quantitative estimate of drug-likeness (QED) is 0.570. The van der Waals surface area contributed by atoms with Gasteiger partial charge in [-0.25, -0.2) is 4.39 Å². The van der Waals surface area contributed by atoms with E-state index in [0.717, 1.165) is 12.0 Å². The van der Waals surface area contributed by atoms with Crippen LogP contribution in [0, 0.1) is 5.92 Å². The van der Waals surface area contributed by atoms with Crippen LogP contribution < -0.4 is 0 Å². The van der Waals surface area contributed by atoms with Gasteiger partial charge in [-0.1, -0.05) is 13.8 Å². The van der Waals surface area contributed by atoms with Crippen molar-refractivity contribution in [1.29, 1.82) is 0 Å². The molecule has 0 aromatic carbocycles. The van der Waals surface area contributed by atoms with E-state index in [2.05, 4.69) is 0 Å². The van der Waals surface area contributed by atoms with E-state index < -0.39 is 0 Å². The molecule has 1 aliphatic rings. The van der Waals surface area contributed by atoms with Crippen LogP contribution in [-0.4, -0.2) is 12.7 Å². The Hall–Kier alpha value is -0.370. The lowest BCUT2D eigenvalue weighted by atomic mass is 9.96. The maximum atomic E-state index is 13.2. The molecule has 0 aromatic rings. The summed E-state index contributed by atoms with van der Waals surface area (Å²) in [7, 11) is 0. The second-order valence-corrected chi connectivity index (χ2v) is 3.29. The van der Waals surface area contributed by atoms with Crippen LogP contribution >= 0.6 is 0 Å². The first-order valence-corrected chi connectivity index (χ1v) is 4.13. The van der Waals surface area contributed by atoms with Gasteiger partial charge in [0.2, 0.25) is 0 Å². The van der Waals surface area contributed by atoms with Crippen LogP contribution in [0.25, 0.3) is 0 Å². The zero-order chi connectivity index (χ0) is 8.43. The third-order valence-corrected chi connectivity index (χ3v) is 2.10. The lowest BCUT2D eigenvalue weighted by molar-refractivity contribution is 0.0593. The van der Waals surface area contributed by atoms with Gasteiger partial charge in [0.15, 0.2) is 0 Å². The molecule has 0 aromatic heterocycles. The van der Waals surface area contributed by atoms with E-state index in [1.54, 1.807) is 6.92 Å². The van der Waals surface area contributed by atoms with E-state index in [0.29, 0.717) is 12.5 Å². The van der Waals surface area contributed by atoms with E-state index in [-0.39, 0.29) is 11.9 Å². The van der Waals surface area contributed by atoms with Crippen molar-refractivity contribution >= 4 is 0 Å². The van der Waals surface area contributed by atoms with E-state index in [1.807, 2.05) is 13.8 Å². The van der Waals surface area contributed by atoms with Crippen molar-refractivity contribution in [3.05, 3.63) is 11.4 Å². The van der Waals surface area contributed by atoms with Crippen LogP contribution in [0.4, 0.5) is 4.39 Å². The van der Waals surface area contributed by atoms with Crippen LogP contribution in [-0.2, 0) is 4.74 Å². The molecule has 1 aliphatic heterocycles. The minimum absolute atomic E-state index is 0.0498. The van der Waals surface area contributed by atoms with Crippen molar-refractivity contribution in [3.63, 3.8) is 0 Å². The highest BCUT2D eigenvalue weighted by atomic mass is 19.1. The maximum absolute atomic E-state index is 13.2. The SMILES string of the molecule is CC(C)C1=C(F)[C@H](C)OCC1. The summed E-state index contributed by atoms with van der Waals surface area (Å²) in [4.78, 5) is 0. The summed E-state index contributed by atoms with van der Waals surface area (Å²) in [6.45, 7) is 6.47. The number of hydrogen-bond acceptors (Lipinski definition) is 1. The average molecular weight is 158 g/mol.